The fourth-order valence-electron chi connectivity index (χ4n) is 4.39. The van der Waals surface area contributed by atoms with Crippen molar-refractivity contribution >= 4 is 5.91 Å². The summed E-state index contributed by atoms with van der Waals surface area (Å²) in [5.41, 5.74) is 1.78. The summed E-state index contributed by atoms with van der Waals surface area (Å²) >= 11 is 0. The molecule has 1 N–H and O–H groups in total. The monoisotopic (exact) mass is 510 g/mol. The summed E-state index contributed by atoms with van der Waals surface area (Å²) in [6, 6.07) is 11.9. The van der Waals surface area contributed by atoms with Crippen LogP contribution in [0.15, 0.2) is 47.3 Å². The Labute approximate surface area is 216 Å². The molecule has 9 nitrogen and oxygen atoms in total. The largest absolute Gasteiger partial charge is 0.494 e. The van der Waals surface area contributed by atoms with Crippen LogP contribution in [0, 0.1) is 5.82 Å². The maximum absolute atomic E-state index is 14.0. The number of benzene rings is 2. The summed E-state index contributed by atoms with van der Waals surface area (Å²) in [5.74, 6) is -0.556. The zero-order valence-electron chi connectivity index (χ0n) is 21.9. The SMILES string of the molecule is COc1cc(-c2nn(-c3ccc(CCN4CCN(C)CC4)cc3)c(=O)n2CC(=O)NC(C)C)ccc1F. The topological polar surface area (TPSA) is 84.6 Å². The third kappa shape index (κ3) is 6.44. The van der Waals surface area contributed by atoms with Crippen molar-refractivity contribution in [3.05, 3.63) is 64.3 Å². The molecule has 1 fully saturated rings. The first-order valence-corrected chi connectivity index (χ1v) is 12.6. The molecule has 37 heavy (non-hydrogen) atoms. The van der Waals surface area contributed by atoms with Gasteiger partial charge in [-0.3, -0.25) is 9.36 Å². The summed E-state index contributed by atoms with van der Waals surface area (Å²) in [7, 11) is 3.52. The van der Waals surface area contributed by atoms with Crippen molar-refractivity contribution in [2.24, 2.45) is 0 Å². The Morgan fingerprint density at radius 2 is 1.81 bits per heavy atom. The Hall–Kier alpha value is -3.50. The highest BCUT2D eigenvalue weighted by Crippen LogP contribution is 2.25. The summed E-state index contributed by atoms with van der Waals surface area (Å²) in [5, 5.41) is 7.34. The van der Waals surface area contributed by atoms with E-state index in [4.69, 9.17) is 4.74 Å². The van der Waals surface area contributed by atoms with Gasteiger partial charge in [0.25, 0.3) is 0 Å². The Morgan fingerprint density at radius 3 is 2.46 bits per heavy atom. The van der Waals surface area contributed by atoms with Crippen LogP contribution in [0.25, 0.3) is 17.1 Å². The second-order valence-corrected chi connectivity index (χ2v) is 9.74. The number of hydrogen-bond acceptors (Lipinski definition) is 6. The number of carbonyl (C=O) groups excluding carboxylic acids is 1. The highest BCUT2D eigenvalue weighted by molar-refractivity contribution is 5.76. The molecule has 1 saturated heterocycles. The van der Waals surface area contributed by atoms with E-state index < -0.39 is 11.5 Å². The molecule has 198 valence electrons. The van der Waals surface area contributed by atoms with E-state index in [1.54, 1.807) is 0 Å². The Balaban J connectivity index is 1.61. The minimum atomic E-state index is -0.524. The van der Waals surface area contributed by atoms with E-state index in [0.29, 0.717) is 11.3 Å². The molecule has 1 aliphatic heterocycles. The van der Waals surface area contributed by atoms with Crippen LogP contribution in [0.2, 0.25) is 0 Å². The van der Waals surface area contributed by atoms with Gasteiger partial charge in [0.05, 0.1) is 12.8 Å². The van der Waals surface area contributed by atoms with Crippen molar-refractivity contribution in [1.29, 1.82) is 0 Å². The van der Waals surface area contributed by atoms with E-state index in [2.05, 4.69) is 27.3 Å². The molecule has 0 bridgehead atoms. The molecule has 2 heterocycles. The van der Waals surface area contributed by atoms with Gasteiger partial charge in [-0.15, -0.1) is 5.10 Å². The predicted molar refractivity (Wildman–Crippen MR) is 141 cm³/mol. The van der Waals surface area contributed by atoms with Crippen LogP contribution in [0.3, 0.4) is 0 Å². The van der Waals surface area contributed by atoms with Gasteiger partial charge in [0.2, 0.25) is 5.91 Å². The molecular formula is C27H35FN6O3. The van der Waals surface area contributed by atoms with Crippen molar-refractivity contribution in [2.75, 3.05) is 46.9 Å². The first-order chi connectivity index (χ1) is 17.7. The van der Waals surface area contributed by atoms with Gasteiger partial charge in [-0.05, 0) is 63.2 Å². The molecule has 0 aliphatic carbocycles. The Bertz CT molecular complexity index is 1280. The summed E-state index contributed by atoms with van der Waals surface area (Å²) in [4.78, 5) is 30.8. The minimum Gasteiger partial charge on any atom is -0.494 e. The average Bonchev–Trinajstić information content (AvgIpc) is 3.19. The molecule has 1 amide bonds. The van der Waals surface area contributed by atoms with E-state index in [0.717, 1.165) is 39.1 Å². The van der Waals surface area contributed by atoms with Crippen LogP contribution in [0.5, 0.6) is 5.75 Å². The summed E-state index contributed by atoms with van der Waals surface area (Å²) in [6.07, 6.45) is 0.920. The van der Waals surface area contributed by atoms with Crippen LogP contribution in [-0.4, -0.2) is 83.0 Å². The third-order valence-corrected chi connectivity index (χ3v) is 6.52. The number of hydrogen-bond donors (Lipinski definition) is 1. The molecule has 2 aromatic carbocycles. The smallest absolute Gasteiger partial charge is 0.351 e. The zero-order chi connectivity index (χ0) is 26.5. The number of rotatable bonds is 9. The number of piperazine rings is 1. The van der Waals surface area contributed by atoms with Crippen LogP contribution in [0.4, 0.5) is 4.39 Å². The van der Waals surface area contributed by atoms with E-state index in [1.807, 2.05) is 38.1 Å². The van der Waals surface area contributed by atoms with E-state index in [9.17, 15) is 14.0 Å². The predicted octanol–water partition coefficient (Wildman–Crippen LogP) is 2.16. The maximum Gasteiger partial charge on any atom is 0.351 e. The Kier molecular flexibility index (Phi) is 8.40. The minimum absolute atomic E-state index is 0.0300. The van der Waals surface area contributed by atoms with E-state index >= 15 is 0 Å². The zero-order valence-corrected chi connectivity index (χ0v) is 21.9. The van der Waals surface area contributed by atoms with Gasteiger partial charge in [-0.25, -0.2) is 9.18 Å². The molecule has 10 heteroatoms. The van der Waals surface area contributed by atoms with Crippen LogP contribution < -0.4 is 15.7 Å². The molecule has 1 aliphatic rings. The lowest BCUT2D eigenvalue weighted by molar-refractivity contribution is -0.122. The maximum atomic E-state index is 14.0. The summed E-state index contributed by atoms with van der Waals surface area (Å²) < 4.78 is 21.7. The lowest BCUT2D eigenvalue weighted by atomic mass is 10.1. The normalized spacial score (nSPS) is 14.8. The molecule has 0 saturated carbocycles. The third-order valence-electron chi connectivity index (χ3n) is 6.52. The van der Waals surface area contributed by atoms with Gasteiger partial charge < -0.3 is 19.9 Å². The highest BCUT2D eigenvalue weighted by atomic mass is 19.1. The van der Waals surface area contributed by atoms with E-state index in [1.165, 1.54) is 40.1 Å². The van der Waals surface area contributed by atoms with Crippen molar-refractivity contribution in [3.63, 3.8) is 0 Å². The van der Waals surface area contributed by atoms with Crippen LogP contribution in [0.1, 0.15) is 19.4 Å². The molecule has 0 spiro atoms. The van der Waals surface area contributed by atoms with Gasteiger partial charge in [-0.1, -0.05) is 12.1 Å². The van der Waals surface area contributed by atoms with Gasteiger partial charge in [0, 0.05) is 44.3 Å². The second-order valence-electron chi connectivity index (χ2n) is 9.74. The fourth-order valence-corrected chi connectivity index (χ4v) is 4.39. The number of nitrogens with one attached hydrogen (secondary N) is 1. The number of halogens is 1. The molecule has 0 atom stereocenters. The standard InChI is InChI=1S/C27H35FN6O3/c1-19(2)29-25(35)18-33-26(21-7-10-23(28)24(17-21)37-4)30-34(27(33)36)22-8-5-20(6-9-22)11-12-32-15-13-31(3)14-16-32/h5-10,17,19H,11-16,18H2,1-4H3,(H,29,35). The summed E-state index contributed by atoms with van der Waals surface area (Å²) in [6.45, 7) is 8.79. The average molecular weight is 511 g/mol. The van der Waals surface area contributed by atoms with Crippen LogP contribution in [-0.2, 0) is 17.8 Å². The number of aromatic nitrogens is 3. The lowest BCUT2D eigenvalue weighted by Crippen LogP contribution is -2.45. The quantitative estimate of drug-likeness (QED) is 0.475. The van der Waals surface area contributed by atoms with Crippen molar-refractivity contribution in [1.82, 2.24) is 29.5 Å². The molecule has 4 rings (SSSR count). The first-order valence-electron chi connectivity index (χ1n) is 12.6. The second kappa shape index (κ2) is 11.7. The van der Waals surface area contributed by atoms with Crippen molar-refractivity contribution < 1.29 is 13.9 Å². The number of methoxy groups -OCH3 is 1. The molecule has 0 unspecified atom stereocenters. The first kappa shape index (κ1) is 26.6. The number of ether oxygens (including phenoxy) is 1. The molecular weight excluding hydrogens is 475 g/mol. The number of likely N-dealkylation sites (N-methyl/N-ethyl adjacent to an activating group) is 1. The van der Waals surface area contributed by atoms with Crippen LogP contribution >= 0.6 is 0 Å². The Morgan fingerprint density at radius 1 is 1.11 bits per heavy atom. The molecule has 1 aromatic heterocycles. The molecule has 3 aromatic rings. The highest BCUT2D eigenvalue weighted by Gasteiger charge is 2.20. The van der Waals surface area contributed by atoms with Gasteiger partial charge in [0.15, 0.2) is 17.4 Å². The van der Waals surface area contributed by atoms with Crippen molar-refractivity contribution in [2.45, 2.75) is 32.9 Å². The fraction of sp³-hybridized carbons (Fsp3) is 0.444. The van der Waals surface area contributed by atoms with Crippen molar-refractivity contribution in [3.8, 4) is 22.8 Å². The molecule has 0 radical (unpaired) electrons. The van der Waals surface area contributed by atoms with E-state index in [-0.39, 0.29) is 30.1 Å². The van der Waals surface area contributed by atoms with Gasteiger partial charge >= 0.3 is 5.69 Å². The lowest BCUT2D eigenvalue weighted by Gasteiger charge is -2.32. The van der Waals surface area contributed by atoms with Gasteiger partial charge in [-0.2, -0.15) is 4.68 Å². The number of nitrogens with zero attached hydrogens (tertiary/aromatic N) is 5. The number of carbonyl (C=O) groups is 1. The number of amides is 1. The van der Waals surface area contributed by atoms with Gasteiger partial charge in [0.1, 0.15) is 6.54 Å².